The summed E-state index contributed by atoms with van der Waals surface area (Å²) in [7, 11) is 3.00. The molecule has 0 saturated carbocycles. The first-order valence-corrected chi connectivity index (χ1v) is 14.5. The van der Waals surface area contributed by atoms with Gasteiger partial charge in [0, 0.05) is 45.9 Å². The summed E-state index contributed by atoms with van der Waals surface area (Å²) < 4.78 is 79.0. The van der Waals surface area contributed by atoms with E-state index in [9.17, 15) is 26.7 Å². The number of likely N-dealkylation sites (tertiary alicyclic amines) is 1. The summed E-state index contributed by atoms with van der Waals surface area (Å²) in [5, 5.41) is 9.11. The molecule has 3 N–H and O–H groups in total. The van der Waals surface area contributed by atoms with Crippen molar-refractivity contribution < 1.29 is 36.2 Å². The molecule has 43 heavy (non-hydrogen) atoms. The minimum Gasteiger partial charge on any atom is -0.461 e. The topological polar surface area (TPSA) is 74.9 Å². The highest BCUT2D eigenvalue weighted by molar-refractivity contribution is 7.20. The molecule has 1 amide bonds. The number of rotatable bonds is 11. The molecule has 1 aliphatic heterocycles. The van der Waals surface area contributed by atoms with Crippen LogP contribution in [0.1, 0.15) is 33.6 Å². The molecule has 1 aromatic heterocycles. The lowest BCUT2D eigenvalue weighted by Gasteiger charge is -2.32. The van der Waals surface area contributed by atoms with Gasteiger partial charge in [0.15, 0.2) is 0 Å². The summed E-state index contributed by atoms with van der Waals surface area (Å²) >= 11 is 1.19. The second-order valence-corrected chi connectivity index (χ2v) is 11.0. The molecule has 0 atom stereocenters. The van der Waals surface area contributed by atoms with Gasteiger partial charge in [-0.05, 0) is 35.9 Å². The van der Waals surface area contributed by atoms with Crippen LogP contribution in [0.2, 0.25) is 0 Å². The number of anilines is 2. The first-order chi connectivity index (χ1) is 20.6. The van der Waals surface area contributed by atoms with Crippen molar-refractivity contribution >= 4 is 38.7 Å². The van der Waals surface area contributed by atoms with Gasteiger partial charge in [0.1, 0.15) is 11.6 Å². The average molecular weight is 625 g/mol. The maximum absolute atomic E-state index is 14.5. The average Bonchev–Trinajstić information content (AvgIpc) is 3.32. The molecule has 13 heteroatoms. The van der Waals surface area contributed by atoms with Crippen molar-refractivity contribution in [2.45, 2.75) is 31.5 Å². The number of methoxy groups -OCH3 is 1. The lowest BCUT2D eigenvalue weighted by Crippen LogP contribution is -2.40. The molecular formula is C30H33F5N4O3S. The van der Waals surface area contributed by atoms with E-state index in [0.717, 1.165) is 50.3 Å². The summed E-state index contributed by atoms with van der Waals surface area (Å²) in [6.45, 7) is 2.02. The Labute approximate surface area is 250 Å². The summed E-state index contributed by atoms with van der Waals surface area (Å²) in [6.07, 6.45) is -3.77. The minimum atomic E-state index is -4.44. The van der Waals surface area contributed by atoms with E-state index in [1.807, 2.05) is 6.07 Å². The Kier molecular flexibility index (Phi) is 11.1. The number of hydrogen-bond donors (Lipinski definition) is 3. The van der Waals surface area contributed by atoms with Gasteiger partial charge in [-0.3, -0.25) is 4.79 Å². The Bertz CT molecular complexity index is 1480. The van der Waals surface area contributed by atoms with Gasteiger partial charge in [-0.1, -0.05) is 24.0 Å². The smallest absolute Gasteiger partial charge is 0.393 e. The Hall–Kier alpha value is -3.60. The second kappa shape index (κ2) is 14.7. The van der Waals surface area contributed by atoms with Gasteiger partial charge in [-0.15, -0.1) is 11.3 Å². The summed E-state index contributed by atoms with van der Waals surface area (Å²) in [6, 6.07) is 7.52. The monoisotopic (exact) mass is 624 g/mol. The molecule has 4 rings (SSSR count). The Morgan fingerprint density at radius 3 is 2.63 bits per heavy atom. The standard InChI is InChI=1S/C30H33F5N4O3S/c1-36-29(40)21-15-26(42-18-31)25(16-23(21)32)37-10-4-7-27-22(17-30(33,34)35)20-5-3-6-24(28(20)43-27)38-19-8-11-39(12-9-19)13-14-41-2/h3,5-6,15-16,19,37-38H,8-14,17-18H2,1-2H3,(H,36,40). The fourth-order valence-corrected chi connectivity index (χ4v) is 6.12. The third-order valence-electron chi connectivity index (χ3n) is 7.07. The van der Waals surface area contributed by atoms with Crippen LogP contribution < -0.4 is 20.7 Å². The number of halogens is 5. The SMILES string of the molecule is CNC(=O)c1cc(OCF)c(NCC#Cc2sc3c(NC4CCN(CCOC)CC4)cccc3c2CC(F)(F)F)cc1F. The molecule has 0 spiro atoms. The molecule has 1 aliphatic rings. The summed E-state index contributed by atoms with van der Waals surface area (Å²) in [5.41, 5.74) is 0.585. The van der Waals surface area contributed by atoms with Gasteiger partial charge in [0.2, 0.25) is 6.86 Å². The molecule has 3 aromatic rings. The van der Waals surface area contributed by atoms with E-state index in [1.54, 1.807) is 19.2 Å². The molecule has 1 fully saturated rings. The van der Waals surface area contributed by atoms with Crippen LogP contribution in [0, 0.1) is 17.7 Å². The number of fused-ring (bicyclic) bond motifs is 1. The van der Waals surface area contributed by atoms with E-state index in [0.29, 0.717) is 16.7 Å². The fraction of sp³-hybridized carbons (Fsp3) is 0.433. The van der Waals surface area contributed by atoms with Crippen LogP contribution >= 0.6 is 11.3 Å². The molecule has 7 nitrogen and oxygen atoms in total. The Morgan fingerprint density at radius 1 is 1.19 bits per heavy atom. The van der Waals surface area contributed by atoms with Gasteiger partial charge >= 0.3 is 6.18 Å². The lowest BCUT2D eigenvalue weighted by atomic mass is 10.0. The van der Waals surface area contributed by atoms with E-state index >= 15 is 0 Å². The predicted octanol–water partition coefficient (Wildman–Crippen LogP) is 5.80. The molecule has 2 heterocycles. The number of carbonyl (C=O) groups excluding carboxylic acids is 1. The first-order valence-electron chi connectivity index (χ1n) is 13.7. The number of amides is 1. The molecule has 0 bridgehead atoms. The Balaban J connectivity index is 1.55. The van der Waals surface area contributed by atoms with E-state index in [1.165, 1.54) is 18.4 Å². The van der Waals surface area contributed by atoms with Gasteiger partial charge < -0.3 is 30.3 Å². The number of hydrogen-bond acceptors (Lipinski definition) is 7. The summed E-state index contributed by atoms with van der Waals surface area (Å²) in [5.74, 6) is 3.95. The van der Waals surface area contributed by atoms with Gasteiger partial charge in [0.25, 0.3) is 5.91 Å². The van der Waals surface area contributed by atoms with E-state index in [2.05, 4.69) is 32.7 Å². The molecule has 232 valence electrons. The molecular weight excluding hydrogens is 591 g/mol. The van der Waals surface area contributed by atoms with Crippen LogP contribution in [-0.4, -0.2) is 76.8 Å². The number of nitrogens with zero attached hydrogens (tertiary/aromatic N) is 1. The maximum Gasteiger partial charge on any atom is 0.393 e. The number of alkyl halides is 4. The number of benzene rings is 2. The van der Waals surface area contributed by atoms with Crippen LogP contribution in [0.15, 0.2) is 30.3 Å². The third kappa shape index (κ3) is 8.49. The van der Waals surface area contributed by atoms with E-state index in [-0.39, 0.29) is 40.0 Å². The number of piperidine rings is 1. The molecule has 1 saturated heterocycles. The Morgan fingerprint density at radius 2 is 1.95 bits per heavy atom. The van der Waals surface area contributed by atoms with Crippen molar-refractivity contribution in [3.05, 3.63) is 52.2 Å². The lowest BCUT2D eigenvalue weighted by molar-refractivity contribution is -0.126. The van der Waals surface area contributed by atoms with Crippen molar-refractivity contribution in [3.63, 3.8) is 0 Å². The van der Waals surface area contributed by atoms with Crippen LogP contribution in [0.5, 0.6) is 5.75 Å². The van der Waals surface area contributed by atoms with Crippen LogP contribution in [0.4, 0.5) is 33.3 Å². The zero-order chi connectivity index (χ0) is 31.0. The molecule has 0 aliphatic carbocycles. The largest absolute Gasteiger partial charge is 0.461 e. The number of carbonyl (C=O) groups is 1. The third-order valence-corrected chi connectivity index (χ3v) is 8.27. The van der Waals surface area contributed by atoms with Gasteiger partial charge in [-0.2, -0.15) is 13.2 Å². The van der Waals surface area contributed by atoms with E-state index < -0.39 is 31.2 Å². The number of thiophene rings is 1. The zero-order valence-electron chi connectivity index (χ0n) is 23.8. The maximum atomic E-state index is 14.5. The minimum absolute atomic E-state index is 0.0451. The quantitative estimate of drug-likeness (QED) is 0.185. The zero-order valence-corrected chi connectivity index (χ0v) is 24.6. The highest BCUT2D eigenvalue weighted by Gasteiger charge is 2.31. The van der Waals surface area contributed by atoms with Crippen molar-refractivity contribution in [3.8, 4) is 17.6 Å². The van der Waals surface area contributed by atoms with Crippen LogP contribution in [-0.2, 0) is 11.2 Å². The molecule has 0 radical (unpaired) electrons. The highest BCUT2D eigenvalue weighted by atomic mass is 32.1. The number of nitrogens with one attached hydrogen (secondary N) is 3. The predicted molar refractivity (Wildman–Crippen MR) is 158 cm³/mol. The summed E-state index contributed by atoms with van der Waals surface area (Å²) in [4.78, 5) is 14.5. The number of ether oxygens (including phenoxy) is 2. The molecule has 0 unspecified atom stereocenters. The first kappa shape index (κ1) is 32.3. The van der Waals surface area contributed by atoms with Crippen LogP contribution in [0.3, 0.4) is 0 Å². The van der Waals surface area contributed by atoms with Crippen molar-refractivity contribution in [2.75, 3.05) is 64.4 Å². The van der Waals surface area contributed by atoms with Crippen molar-refractivity contribution in [1.29, 1.82) is 0 Å². The van der Waals surface area contributed by atoms with Crippen LogP contribution in [0.25, 0.3) is 10.1 Å². The molecule has 2 aromatic carbocycles. The fourth-order valence-electron chi connectivity index (χ4n) is 4.94. The van der Waals surface area contributed by atoms with Gasteiger partial charge in [-0.25, -0.2) is 8.78 Å². The van der Waals surface area contributed by atoms with E-state index in [4.69, 9.17) is 9.47 Å². The highest BCUT2D eigenvalue weighted by Crippen LogP contribution is 2.39. The van der Waals surface area contributed by atoms with Crippen molar-refractivity contribution in [1.82, 2.24) is 10.2 Å². The van der Waals surface area contributed by atoms with Gasteiger partial charge in [0.05, 0.1) is 46.1 Å². The normalized spacial score (nSPS) is 14.3. The second-order valence-electron chi connectivity index (χ2n) is 9.95. The van der Waals surface area contributed by atoms with Crippen molar-refractivity contribution in [2.24, 2.45) is 0 Å².